The van der Waals surface area contributed by atoms with Gasteiger partial charge in [0.05, 0.1) is 0 Å². The molecule has 0 aromatic carbocycles. The Hall–Kier alpha value is -0.790. The Morgan fingerprint density at radius 2 is 1.24 bits per heavy atom. The first-order chi connectivity index (χ1) is 10.2. The van der Waals surface area contributed by atoms with Crippen molar-refractivity contribution in [1.82, 2.24) is 0 Å². The van der Waals surface area contributed by atoms with Crippen LogP contribution >= 0.6 is 0 Å². The largest absolute Gasteiger partial charge is 0.478 e. The lowest BCUT2D eigenvalue weighted by atomic mass is 10.0. The summed E-state index contributed by atoms with van der Waals surface area (Å²) in [5.41, 5.74) is 0.638. The second kappa shape index (κ2) is 15.6. The van der Waals surface area contributed by atoms with E-state index in [9.17, 15) is 9.90 Å². The molecule has 0 amide bonds. The number of unbranched alkanes of at least 4 members (excludes halogenated alkanes) is 11. The smallest absolute Gasteiger partial charge is 0.331 e. The average Bonchev–Trinajstić information content (AvgIpc) is 2.47. The molecule has 0 aromatic rings. The number of hydrogen-bond acceptors (Lipinski definition) is 1. The number of hydrogen-bond donors (Lipinski definition) is 1. The molecule has 2 heteroatoms. The van der Waals surface area contributed by atoms with Crippen molar-refractivity contribution in [2.75, 3.05) is 0 Å². The molecule has 124 valence electrons. The molecule has 0 radical (unpaired) electrons. The quantitative estimate of drug-likeness (QED) is 0.277. The van der Waals surface area contributed by atoms with Gasteiger partial charge in [0.15, 0.2) is 0 Å². The van der Waals surface area contributed by atoms with Crippen molar-refractivity contribution in [2.24, 2.45) is 0 Å². The van der Waals surface area contributed by atoms with Crippen molar-refractivity contribution < 1.29 is 9.90 Å². The van der Waals surface area contributed by atoms with E-state index in [0.717, 1.165) is 25.7 Å². The van der Waals surface area contributed by atoms with Crippen LogP contribution in [0.5, 0.6) is 0 Å². The summed E-state index contributed by atoms with van der Waals surface area (Å²) in [6, 6.07) is 0. The van der Waals surface area contributed by atoms with Gasteiger partial charge in [0, 0.05) is 5.57 Å². The normalized spacial score (nSPS) is 11.8. The second-order valence-corrected chi connectivity index (χ2v) is 6.11. The average molecular weight is 296 g/mol. The first-order valence-electron chi connectivity index (χ1n) is 9.14. The lowest BCUT2D eigenvalue weighted by Crippen LogP contribution is -2.00. The Labute approximate surface area is 132 Å². The fraction of sp³-hybridized carbons (Fsp3) is 0.842. The summed E-state index contributed by atoms with van der Waals surface area (Å²) in [6.07, 6.45) is 18.5. The highest BCUT2D eigenvalue weighted by atomic mass is 16.4. The van der Waals surface area contributed by atoms with Crippen molar-refractivity contribution in [3.05, 3.63) is 11.6 Å². The zero-order valence-corrected chi connectivity index (χ0v) is 14.3. The van der Waals surface area contributed by atoms with E-state index >= 15 is 0 Å². The summed E-state index contributed by atoms with van der Waals surface area (Å²) in [5.74, 6) is -0.713. The minimum absolute atomic E-state index is 0.638. The molecule has 21 heavy (non-hydrogen) atoms. The summed E-state index contributed by atoms with van der Waals surface area (Å²) in [4.78, 5) is 11.2. The zero-order valence-electron chi connectivity index (χ0n) is 14.3. The third kappa shape index (κ3) is 13.9. The predicted molar refractivity (Wildman–Crippen MR) is 91.7 cm³/mol. The van der Waals surface area contributed by atoms with Crippen LogP contribution in [0, 0.1) is 0 Å². The summed E-state index contributed by atoms with van der Waals surface area (Å²) in [5, 5.41) is 9.22. The molecule has 0 bridgehead atoms. The molecular formula is C19H36O2. The Morgan fingerprint density at radius 1 is 0.762 bits per heavy atom. The molecule has 0 rings (SSSR count). The van der Waals surface area contributed by atoms with Crippen molar-refractivity contribution in [1.29, 1.82) is 0 Å². The molecule has 0 fully saturated rings. The SMILES string of the molecule is CCCCCCCCC=C(CCCCCCCC)C(=O)O. The Bertz CT molecular complexity index is 269. The maximum atomic E-state index is 11.2. The van der Waals surface area contributed by atoms with Gasteiger partial charge in [-0.15, -0.1) is 0 Å². The minimum atomic E-state index is -0.713. The fourth-order valence-corrected chi connectivity index (χ4v) is 2.59. The van der Waals surface area contributed by atoms with E-state index in [1.54, 1.807) is 0 Å². The molecule has 0 aliphatic heterocycles. The van der Waals surface area contributed by atoms with Crippen LogP contribution in [0.1, 0.15) is 104 Å². The van der Waals surface area contributed by atoms with E-state index < -0.39 is 5.97 Å². The van der Waals surface area contributed by atoms with Crippen LogP contribution in [0.2, 0.25) is 0 Å². The summed E-state index contributed by atoms with van der Waals surface area (Å²) >= 11 is 0. The van der Waals surface area contributed by atoms with Crippen LogP contribution in [-0.4, -0.2) is 11.1 Å². The van der Waals surface area contributed by atoms with Crippen molar-refractivity contribution in [3.8, 4) is 0 Å². The van der Waals surface area contributed by atoms with E-state index in [1.165, 1.54) is 64.2 Å². The van der Waals surface area contributed by atoms with Gasteiger partial charge in [-0.3, -0.25) is 0 Å². The van der Waals surface area contributed by atoms with Gasteiger partial charge in [-0.25, -0.2) is 4.79 Å². The molecule has 0 heterocycles. The molecule has 0 unspecified atom stereocenters. The lowest BCUT2D eigenvalue weighted by Gasteiger charge is -2.04. The van der Waals surface area contributed by atoms with E-state index in [2.05, 4.69) is 13.8 Å². The Balaban J connectivity index is 3.69. The van der Waals surface area contributed by atoms with Gasteiger partial charge >= 0.3 is 5.97 Å². The zero-order chi connectivity index (χ0) is 15.8. The van der Waals surface area contributed by atoms with Crippen LogP contribution in [-0.2, 0) is 4.79 Å². The van der Waals surface area contributed by atoms with Crippen molar-refractivity contribution in [2.45, 2.75) is 104 Å². The topological polar surface area (TPSA) is 37.3 Å². The molecular weight excluding hydrogens is 260 g/mol. The van der Waals surface area contributed by atoms with Crippen molar-refractivity contribution in [3.63, 3.8) is 0 Å². The highest BCUT2D eigenvalue weighted by Gasteiger charge is 2.06. The van der Waals surface area contributed by atoms with Gasteiger partial charge in [0.1, 0.15) is 0 Å². The first-order valence-corrected chi connectivity index (χ1v) is 9.14. The van der Waals surface area contributed by atoms with Crippen LogP contribution in [0.3, 0.4) is 0 Å². The summed E-state index contributed by atoms with van der Waals surface area (Å²) in [6.45, 7) is 4.44. The number of aliphatic carboxylic acids is 1. The highest BCUT2D eigenvalue weighted by molar-refractivity contribution is 5.86. The van der Waals surface area contributed by atoms with Crippen molar-refractivity contribution >= 4 is 5.97 Å². The van der Waals surface area contributed by atoms with Gasteiger partial charge in [-0.2, -0.15) is 0 Å². The Kier molecular flexibility index (Phi) is 15.0. The number of rotatable bonds is 15. The van der Waals surface area contributed by atoms with Crippen LogP contribution < -0.4 is 0 Å². The monoisotopic (exact) mass is 296 g/mol. The summed E-state index contributed by atoms with van der Waals surface area (Å²) < 4.78 is 0. The Morgan fingerprint density at radius 3 is 1.76 bits per heavy atom. The van der Waals surface area contributed by atoms with E-state index in [0.29, 0.717) is 5.57 Å². The molecule has 0 saturated heterocycles. The number of allylic oxidation sites excluding steroid dienone is 1. The predicted octanol–water partition coefficient (Wildman–Crippen LogP) is 6.50. The molecule has 0 aliphatic carbocycles. The second-order valence-electron chi connectivity index (χ2n) is 6.11. The number of carboxylic acids is 1. The number of carbonyl (C=O) groups is 1. The van der Waals surface area contributed by atoms with E-state index in [1.807, 2.05) is 6.08 Å². The third-order valence-corrected chi connectivity index (χ3v) is 4.02. The number of carboxylic acid groups (broad SMARTS) is 1. The van der Waals surface area contributed by atoms with Gasteiger partial charge < -0.3 is 5.11 Å². The molecule has 2 nitrogen and oxygen atoms in total. The molecule has 0 spiro atoms. The van der Waals surface area contributed by atoms with Gasteiger partial charge in [0.2, 0.25) is 0 Å². The van der Waals surface area contributed by atoms with Crippen LogP contribution in [0.15, 0.2) is 11.6 Å². The lowest BCUT2D eigenvalue weighted by molar-refractivity contribution is -0.132. The van der Waals surface area contributed by atoms with E-state index in [4.69, 9.17) is 0 Å². The molecule has 0 aromatic heterocycles. The molecule has 0 atom stereocenters. The molecule has 1 N–H and O–H groups in total. The highest BCUT2D eigenvalue weighted by Crippen LogP contribution is 2.14. The van der Waals surface area contributed by atoms with Gasteiger partial charge in [-0.05, 0) is 25.7 Å². The minimum Gasteiger partial charge on any atom is -0.478 e. The third-order valence-electron chi connectivity index (χ3n) is 4.02. The van der Waals surface area contributed by atoms with Gasteiger partial charge in [0.25, 0.3) is 0 Å². The molecule has 0 saturated carbocycles. The maximum Gasteiger partial charge on any atom is 0.331 e. The van der Waals surface area contributed by atoms with E-state index in [-0.39, 0.29) is 0 Å². The first kappa shape index (κ1) is 20.2. The van der Waals surface area contributed by atoms with Crippen LogP contribution in [0.25, 0.3) is 0 Å². The fourth-order valence-electron chi connectivity index (χ4n) is 2.59. The maximum absolute atomic E-state index is 11.2. The molecule has 0 aliphatic rings. The summed E-state index contributed by atoms with van der Waals surface area (Å²) in [7, 11) is 0. The standard InChI is InChI=1S/C19H36O2/c1-3-5-7-9-11-13-15-17-18(19(20)21)16-14-12-10-8-6-4-2/h17H,3-16H2,1-2H3,(H,20,21). The van der Waals surface area contributed by atoms with Gasteiger partial charge in [-0.1, -0.05) is 84.1 Å². The van der Waals surface area contributed by atoms with Crippen LogP contribution in [0.4, 0.5) is 0 Å².